The molecule has 0 bridgehead atoms. The van der Waals surface area contributed by atoms with Crippen LogP contribution in [0.3, 0.4) is 0 Å². The average Bonchev–Trinajstić information content (AvgIpc) is 2.35. The van der Waals surface area contributed by atoms with Gasteiger partial charge in [0.25, 0.3) is 0 Å². The van der Waals surface area contributed by atoms with Crippen LogP contribution in [0.4, 0.5) is 4.39 Å². The molecule has 1 atom stereocenters. The highest BCUT2D eigenvalue weighted by Crippen LogP contribution is 2.28. The normalized spacial score (nSPS) is 12.4. The van der Waals surface area contributed by atoms with Crippen molar-refractivity contribution in [2.24, 2.45) is 0 Å². The Morgan fingerprint density at radius 3 is 2.67 bits per heavy atom. The fourth-order valence-corrected chi connectivity index (χ4v) is 2.95. The molecule has 0 heterocycles. The number of hydrogen-bond donors (Lipinski definition) is 1. The Morgan fingerprint density at radius 2 is 2.00 bits per heavy atom. The predicted octanol–water partition coefficient (Wildman–Crippen LogP) is 4.50. The summed E-state index contributed by atoms with van der Waals surface area (Å²) in [6.07, 6.45) is 0. The van der Waals surface area contributed by atoms with Gasteiger partial charge in [-0.2, -0.15) is 0 Å². The summed E-state index contributed by atoms with van der Waals surface area (Å²) in [6, 6.07) is 12.8. The second-order valence-electron chi connectivity index (χ2n) is 3.94. The van der Waals surface area contributed by atoms with Crippen molar-refractivity contribution in [3.05, 3.63) is 67.5 Å². The maximum absolute atomic E-state index is 13.3. The van der Waals surface area contributed by atoms with Gasteiger partial charge in [0.05, 0.1) is 6.04 Å². The lowest BCUT2D eigenvalue weighted by Crippen LogP contribution is -2.18. The van der Waals surface area contributed by atoms with Crippen LogP contribution in [0.5, 0.6) is 0 Å². The summed E-state index contributed by atoms with van der Waals surface area (Å²) in [6.45, 7) is 0. The molecule has 18 heavy (non-hydrogen) atoms. The van der Waals surface area contributed by atoms with E-state index < -0.39 is 0 Å². The SMILES string of the molecule is CNC(c1cccc(F)c1)c1cc(Br)ccc1I. The van der Waals surface area contributed by atoms with Crippen LogP contribution in [0.15, 0.2) is 46.9 Å². The third-order valence-electron chi connectivity index (χ3n) is 2.74. The minimum absolute atomic E-state index is 0.00917. The molecule has 0 aromatic heterocycles. The molecule has 0 aliphatic carbocycles. The fraction of sp³-hybridized carbons (Fsp3) is 0.143. The minimum Gasteiger partial charge on any atom is -0.309 e. The van der Waals surface area contributed by atoms with Crippen LogP contribution >= 0.6 is 38.5 Å². The number of hydrogen-bond acceptors (Lipinski definition) is 1. The van der Waals surface area contributed by atoms with Crippen molar-refractivity contribution in [1.82, 2.24) is 5.32 Å². The van der Waals surface area contributed by atoms with Crippen molar-refractivity contribution in [2.75, 3.05) is 7.05 Å². The molecule has 94 valence electrons. The monoisotopic (exact) mass is 419 g/mol. The quantitative estimate of drug-likeness (QED) is 0.722. The second-order valence-corrected chi connectivity index (χ2v) is 6.02. The first-order valence-corrected chi connectivity index (χ1v) is 7.36. The Hall–Kier alpha value is -0.460. The van der Waals surface area contributed by atoms with Gasteiger partial charge in [0.1, 0.15) is 5.82 Å². The van der Waals surface area contributed by atoms with E-state index in [1.807, 2.05) is 25.2 Å². The Labute approximate surface area is 128 Å². The zero-order valence-electron chi connectivity index (χ0n) is 9.75. The van der Waals surface area contributed by atoms with E-state index in [0.717, 1.165) is 19.2 Å². The average molecular weight is 420 g/mol. The standard InChI is InChI=1S/C14H12BrFIN/c1-18-14(9-3-2-4-11(16)7-9)12-8-10(15)5-6-13(12)17/h2-8,14,18H,1H3. The molecule has 2 aromatic carbocycles. The topological polar surface area (TPSA) is 12.0 Å². The second kappa shape index (κ2) is 6.12. The van der Waals surface area contributed by atoms with Gasteiger partial charge in [-0.25, -0.2) is 4.39 Å². The molecule has 0 aliphatic heterocycles. The van der Waals surface area contributed by atoms with E-state index in [0.29, 0.717) is 0 Å². The van der Waals surface area contributed by atoms with Crippen molar-refractivity contribution in [3.8, 4) is 0 Å². The fourth-order valence-electron chi connectivity index (χ4n) is 1.92. The van der Waals surface area contributed by atoms with E-state index >= 15 is 0 Å². The summed E-state index contributed by atoms with van der Waals surface area (Å²) in [5.74, 6) is -0.210. The first-order chi connectivity index (χ1) is 8.61. The van der Waals surface area contributed by atoms with Gasteiger partial charge in [-0.05, 0) is 71.1 Å². The molecular weight excluding hydrogens is 408 g/mol. The zero-order valence-corrected chi connectivity index (χ0v) is 13.5. The Morgan fingerprint density at radius 1 is 1.22 bits per heavy atom. The molecule has 2 rings (SSSR count). The number of nitrogens with one attached hydrogen (secondary N) is 1. The van der Waals surface area contributed by atoms with Gasteiger partial charge in [0.2, 0.25) is 0 Å². The molecule has 1 unspecified atom stereocenters. The van der Waals surface area contributed by atoms with Crippen molar-refractivity contribution in [3.63, 3.8) is 0 Å². The first kappa shape index (κ1) is 14.0. The van der Waals surface area contributed by atoms with E-state index in [-0.39, 0.29) is 11.9 Å². The van der Waals surface area contributed by atoms with Gasteiger partial charge in [-0.1, -0.05) is 28.1 Å². The maximum atomic E-state index is 13.3. The lowest BCUT2D eigenvalue weighted by Gasteiger charge is -2.19. The lowest BCUT2D eigenvalue weighted by atomic mass is 9.99. The van der Waals surface area contributed by atoms with Crippen molar-refractivity contribution >= 4 is 38.5 Å². The summed E-state index contributed by atoms with van der Waals surface area (Å²) < 4.78 is 15.5. The van der Waals surface area contributed by atoms with Gasteiger partial charge in [0, 0.05) is 8.04 Å². The Kier molecular flexibility index (Phi) is 4.75. The molecule has 0 amide bonds. The van der Waals surface area contributed by atoms with E-state index in [1.165, 1.54) is 6.07 Å². The van der Waals surface area contributed by atoms with Gasteiger partial charge >= 0.3 is 0 Å². The van der Waals surface area contributed by atoms with Gasteiger partial charge in [-0.3, -0.25) is 0 Å². The van der Waals surface area contributed by atoms with Gasteiger partial charge in [-0.15, -0.1) is 0 Å². The molecule has 0 saturated carbocycles. The minimum atomic E-state index is -0.210. The Balaban J connectivity index is 2.48. The highest BCUT2D eigenvalue weighted by Gasteiger charge is 2.15. The van der Waals surface area contributed by atoms with E-state index in [2.05, 4.69) is 49.9 Å². The number of rotatable bonds is 3. The molecule has 4 heteroatoms. The van der Waals surface area contributed by atoms with Crippen LogP contribution in [0.25, 0.3) is 0 Å². The number of halogens is 3. The molecule has 0 aliphatic rings. The Bertz CT molecular complexity index is 559. The van der Waals surface area contributed by atoms with Crippen LogP contribution in [0.2, 0.25) is 0 Å². The third kappa shape index (κ3) is 3.10. The predicted molar refractivity (Wildman–Crippen MR) is 84.2 cm³/mol. The van der Waals surface area contributed by atoms with Crippen LogP contribution < -0.4 is 5.32 Å². The summed E-state index contributed by atoms with van der Waals surface area (Å²) in [5.41, 5.74) is 2.06. The van der Waals surface area contributed by atoms with Crippen LogP contribution in [-0.4, -0.2) is 7.05 Å². The summed E-state index contributed by atoms with van der Waals surface area (Å²) >= 11 is 5.77. The van der Waals surface area contributed by atoms with Crippen LogP contribution in [0.1, 0.15) is 17.2 Å². The van der Waals surface area contributed by atoms with E-state index in [9.17, 15) is 4.39 Å². The van der Waals surface area contributed by atoms with Gasteiger partial charge in [0.15, 0.2) is 0 Å². The van der Waals surface area contributed by atoms with E-state index in [4.69, 9.17) is 0 Å². The molecule has 1 nitrogen and oxygen atoms in total. The van der Waals surface area contributed by atoms with E-state index in [1.54, 1.807) is 12.1 Å². The smallest absolute Gasteiger partial charge is 0.123 e. The largest absolute Gasteiger partial charge is 0.309 e. The highest BCUT2D eigenvalue weighted by atomic mass is 127. The molecule has 0 spiro atoms. The van der Waals surface area contributed by atoms with Crippen molar-refractivity contribution < 1.29 is 4.39 Å². The van der Waals surface area contributed by atoms with Crippen LogP contribution in [-0.2, 0) is 0 Å². The lowest BCUT2D eigenvalue weighted by molar-refractivity contribution is 0.616. The zero-order chi connectivity index (χ0) is 13.1. The molecule has 0 fully saturated rings. The number of benzene rings is 2. The molecule has 0 saturated heterocycles. The van der Waals surface area contributed by atoms with Crippen molar-refractivity contribution in [2.45, 2.75) is 6.04 Å². The molecule has 0 radical (unpaired) electrons. The third-order valence-corrected chi connectivity index (χ3v) is 4.22. The first-order valence-electron chi connectivity index (χ1n) is 5.49. The van der Waals surface area contributed by atoms with Crippen molar-refractivity contribution in [1.29, 1.82) is 0 Å². The maximum Gasteiger partial charge on any atom is 0.123 e. The molecule has 1 N–H and O–H groups in total. The van der Waals surface area contributed by atoms with Gasteiger partial charge < -0.3 is 5.32 Å². The van der Waals surface area contributed by atoms with Crippen LogP contribution in [0, 0.1) is 9.39 Å². The molecular formula is C14H12BrFIN. The summed E-state index contributed by atoms with van der Waals surface area (Å²) in [5, 5.41) is 3.24. The highest BCUT2D eigenvalue weighted by molar-refractivity contribution is 14.1. The summed E-state index contributed by atoms with van der Waals surface area (Å²) in [7, 11) is 1.88. The molecule has 2 aromatic rings. The summed E-state index contributed by atoms with van der Waals surface area (Å²) in [4.78, 5) is 0.